The summed E-state index contributed by atoms with van der Waals surface area (Å²) in [5.41, 5.74) is 2.29. The quantitative estimate of drug-likeness (QED) is 0.778. The molecule has 1 unspecified atom stereocenters. The Morgan fingerprint density at radius 1 is 1.12 bits per heavy atom. The monoisotopic (exact) mass is 342 g/mol. The van der Waals surface area contributed by atoms with E-state index in [0.717, 1.165) is 24.9 Å². The van der Waals surface area contributed by atoms with Gasteiger partial charge in [-0.05, 0) is 37.8 Å². The topological polar surface area (TPSA) is 40.6 Å². The van der Waals surface area contributed by atoms with E-state index in [2.05, 4.69) is 13.0 Å². The van der Waals surface area contributed by atoms with Gasteiger partial charge >= 0.3 is 0 Å². The summed E-state index contributed by atoms with van der Waals surface area (Å²) in [4.78, 5) is 28.9. The zero-order valence-electron chi connectivity index (χ0n) is 15.5. The molecule has 4 nitrogen and oxygen atoms in total. The van der Waals surface area contributed by atoms with E-state index in [-0.39, 0.29) is 17.9 Å². The molecule has 1 saturated carbocycles. The molecule has 0 radical (unpaired) electrons. The van der Waals surface area contributed by atoms with Crippen molar-refractivity contribution in [1.82, 2.24) is 4.90 Å². The van der Waals surface area contributed by atoms with Crippen molar-refractivity contribution in [2.24, 2.45) is 0 Å². The molecule has 0 spiro atoms. The van der Waals surface area contributed by atoms with Crippen molar-refractivity contribution in [1.29, 1.82) is 0 Å². The van der Waals surface area contributed by atoms with Crippen LogP contribution in [-0.2, 0) is 16.0 Å². The highest BCUT2D eigenvalue weighted by Gasteiger charge is 2.31. The molecule has 1 aliphatic carbocycles. The van der Waals surface area contributed by atoms with Gasteiger partial charge in [-0.2, -0.15) is 0 Å². The molecule has 136 valence electrons. The molecule has 3 rings (SSSR count). The van der Waals surface area contributed by atoms with Crippen molar-refractivity contribution < 1.29 is 9.59 Å². The number of anilines is 1. The number of rotatable bonds is 4. The fourth-order valence-corrected chi connectivity index (χ4v) is 4.45. The Morgan fingerprint density at radius 2 is 1.80 bits per heavy atom. The van der Waals surface area contributed by atoms with Crippen LogP contribution in [0, 0.1) is 0 Å². The number of hydrogen-bond acceptors (Lipinski definition) is 2. The molecule has 1 aliphatic heterocycles. The summed E-state index contributed by atoms with van der Waals surface area (Å²) in [5.74, 6) is 0.242. The number of para-hydroxylation sites is 1. The first-order valence-electron chi connectivity index (χ1n) is 9.75. The summed E-state index contributed by atoms with van der Waals surface area (Å²) < 4.78 is 0. The average molecular weight is 342 g/mol. The fourth-order valence-electron chi connectivity index (χ4n) is 4.45. The molecule has 1 aromatic rings. The van der Waals surface area contributed by atoms with E-state index < -0.39 is 0 Å². The standard InChI is InChI=1S/C21H30N2O2/c1-16-15-18-9-7-8-12-20(18)23(16)21(25)13-14-22(17(2)24)19-10-5-3-4-6-11-19/h7-9,12,16,19H,3-6,10-11,13-15H2,1-2H3. The summed E-state index contributed by atoms with van der Waals surface area (Å²) >= 11 is 0. The maximum atomic E-state index is 12.9. The van der Waals surface area contributed by atoms with Crippen LogP contribution in [0.4, 0.5) is 5.69 Å². The van der Waals surface area contributed by atoms with E-state index in [4.69, 9.17) is 0 Å². The molecule has 0 saturated heterocycles. The van der Waals surface area contributed by atoms with Crippen LogP contribution >= 0.6 is 0 Å². The second-order valence-corrected chi connectivity index (χ2v) is 7.55. The molecule has 1 atom stereocenters. The lowest BCUT2D eigenvalue weighted by Gasteiger charge is -2.31. The third-order valence-corrected chi connectivity index (χ3v) is 5.71. The highest BCUT2D eigenvalue weighted by molar-refractivity contribution is 5.96. The van der Waals surface area contributed by atoms with Gasteiger partial charge in [0, 0.05) is 37.7 Å². The van der Waals surface area contributed by atoms with Crippen molar-refractivity contribution in [3.05, 3.63) is 29.8 Å². The minimum absolute atomic E-state index is 0.106. The van der Waals surface area contributed by atoms with Gasteiger partial charge in [-0.25, -0.2) is 0 Å². The Hall–Kier alpha value is -1.84. The zero-order valence-corrected chi connectivity index (χ0v) is 15.5. The summed E-state index contributed by atoms with van der Waals surface area (Å²) in [6.45, 7) is 4.29. The maximum absolute atomic E-state index is 12.9. The number of benzene rings is 1. The van der Waals surface area contributed by atoms with Crippen LogP contribution in [0.2, 0.25) is 0 Å². The average Bonchev–Trinajstić information content (AvgIpc) is 2.74. The molecule has 2 aliphatic rings. The van der Waals surface area contributed by atoms with Crippen molar-refractivity contribution in [3.8, 4) is 0 Å². The lowest BCUT2D eigenvalue weighted by molar-refractivity contribution is -0.132. The first kappa shape index (κ1) is 18.0. The largest absolute Gasteiger partial charge is 0.339 e. The van der Waals surface area contributed by atoms with Crippen molar-refractivity contribution in [2.45, 2.75) is 77.3 Å². The maximum Gasteiger partial charge on any atom is 0.229 e. The summed E-state index contributed by atoms with van der Waals surface area (Å²) in [7, 11) is 0. The smallest absolute Gasteiger partial charge is 0.229 e. The molecule has 1 aromatic carbocycles. The van der Waals surface area contributed by atoms with E-state index in [1.165, 1.54) is 31.2 Å². The van der Waals surface area contributed by atoms with Gasteiger partial charge in [-0.3, -0.25) is 9.59 Å². The third kappa shape index (κ3) is 4.05. The van der Waals surface area contributed by atoms with Crippen LogP contribution < -0.4 is 4.90 Å². The SMILES string of the molecule is CC(=O)N(CCC(=O)N1c2ccccc2CC1C)C1CCCCCC1. The second kappa shape index (κ2) is 8.03. The Labute approximate surface area is 151 Å². The van der Waals surface area contributed by atoms with Crippen LogP contribution in [0.1, 0.15) is 64.4 Å². The molecule has 0 aromatic heterocycles. The molecule has 2 amide bonds. The zero-order chi connectivity index (χ0) is 17.8. The highest BCUT2D eigenvalue weighted by atomic mass is 16.2. The Bertz CT molecular complexity index is 620. The summed E-state index contributed by atoms with van der Waals surface area (Å²) in [6.07, 6.45) is 8.41. The molecular weight excluding hydrogens is 312 g/mol. The van der Waals surface area contributed by atoms with Gasteiger partial charge in [0.1, 0.15) is 0 Å². The van der Waals surface area contributed by atoms with Gasteiger partial charge in [-0.15, -0.1) is 0 Å². The normalized spacial score (nSPS) is 20.9. The number of hydrogen-bond donors (Lipinski definition) is 0. The highest BCUT2D eigenvalue weighted by Crippen LogP contribution is 2.32. The number of fused-ring (bicyclic) bond motifs is 1. The summed E-state index contributed by atoms with van der Waals surface area (Å²) in [5, 5.41) is 0. The van der Waals surface area contributed by atoms with Crippen LogP contribution in [-0.4, -0.2) is 35.3 Å². The predicted octanol–water partition coefficient (Wildman–Crippen LogP) is 3.93. The first-order chi connectivity index (χ1) is 12.1. The lowest BCUT2D eigenvalue weighted by atomic mass is 10.1. The number of amides is 2. The van der Waals surface area contributed by atoms with Crippen LogP contribution in [0.5, 0.6) is 0 Å². The van der Waals surface area contributed by atoms with E-state index >= 15 is 0 Å². The lowest BCUT2D eigenvalue weighted by Crippen LogP contribution is -2.43. The second-order valence-electron chi connectivity index (χ2n) is 7.55. The van der Waals surface area contributed by atoms with Gasteiger partial charge in [0.05, 0.1) is 0 Å². The van der Waals surface area contributed by atoms with Crippen molar-refractivity contribution in [3.63, 3.8) is 0 Å². The van der Waals surface area contributed by atoms with Gasteiger partial charge in [0.2, 0.25) is 11.8 Å². The predicted molar refractivity (Wildman–Crippen MR) is 101 cm³/mol. The van der Waals surface area contributed by atoms with Gasteiger partial charge in [-0.1, -0.05) is 43.9 Å². The molecule has 4 heteroatoms. The van der Waals surface area contributed by atoms with E-state index in [9.17, 15) is 9.59 Å². The first-order valence-corrected chi connectivity index (χ1v) is 9.75. The minimum atomic E-state index is 0.106. The molecule has 0 bridgehead atoms. The third-order valence-electron chi connectivity index (χ3n) is 5.71. The number of carbonyl (C=O) groups excluding carboxylic acids is 2. The van der Waals surface area contributed by atoms with E-state index in [1.54, 1.807) is 6.92 Å². The number of carbonyl (C=O) groups is 2. The van der Waals surface area contributed by atoms with Crippen molar-refractivity contribution >= 4 is 17.5 Å². The Balaban J connectivity index is 1.64. The van der Waals surface area contributed by atoms with Gasteiger partial charge in [0.25, 0.3) is 0 Å². The van der Waals surface area contributed by atoms with E-state index in [0.29, 0.717) is 19.0 Å². The van der Waals surface area contributed by atoms with Gasteiger partial charge in [0.15, 0.2) is 0 Å². The minimum Gasteiger partial charge on any atom is -0.339 e. The van der Waals surface area contributed by atoms with Crippen LogP contribution in [0.3, 0.4) is 0 Å². The molecule has 0 N–H and O–H groups in total. The fraction of sp³-hybridized carbons (Fsp3) is 0.619. The van der Waals surface area contributed by atoms with E-state index in [1.807, 2.05) is 28.0 Å². The molecule has 25 heavy (non-hydrogen) atoms. The summed E-state index contributed by atoms with van der Waals surface area (Å²) in [6, 6.07) is 8.68. The van der Waals surface area contributed by atoms with Crippen molar-refractivity contribution in [2.75, 3.05) is 11.4 Å². The van der Waals surface area contributed by atoms with Crippen LogP contribution in [0.25, 0.3) is 0 Å². The van der Waals surface area contributed by atoms with Gasteiger partial charge < -0.3 is 9.80 Å². The molecule has 1 fully saturated rings. The molecular formula is C21H30N2O2. The van der Waals surface area contributed by atoms with Crippen LogP contribution in [0.15, 0.2) is 24.3 Å². The Kier molecular flexibility index (Phi) is 5.77. The Morgan fingerprint density at radius 3 is 2.48 bits per heavy atom. The number of nitrogens with zero attached hydrogens (tertiary/aromatic N) is 2. The molecule has 1 heterocycles.